The molecule has 0 aliphatic heterocycles. The Hall–Kier alpha value is -1.29. The molecule has 22 heavy (non-hydrogen) atoms. The van der Waals surface area contributed by atoms with E-state index in [4.69, 9.17) is 5.73 Å². The molecule has 122 valence electrons. The van der Waals surface area contributed by atoms with Crippen LogP contribution in [-0.2, 0) is 0 Å². The molecule has 1 atom stereocenters. The Morgan fingerprint density at radius 2 is 1.95 bits per heavy atom. The third-order valence-electron chi connectivity index (χ3n) is 5.43. The number of nitrogens with two attached hydrogens (primary N) is 1. The van der Waals surface area contributed by atoms with Gasteiger partial charge < -0.3 is 15.6 Å². The van der Waals surface area contributed by atoms with Crippen LogP contribution in [0.1, 0.15) is 72.7 Å². The van der Waals surface area contributed by atoms with Crippen molar-refractivity contribution in [3.8, 4) is 0 Å². The van der Waals surface area contributed by atoms with Crippen LogP contribution in [0.2, 0.25) is 0 Å². The molecule has 2 aliphatic rings. The van der Waals surface area contributed by atoms with E-state index in [0.29, 0.717) is 18.5 Å². The van der Waals surface area contributed by atoms with Crippen LogP contribution in [-0.4, -0.2) is 23.1 Å². The second-order valence-electron chi connectivity index (χ2n) is 7.10. The van der Waals surface area contributed by atoms with Crippen LogP contribution in [0, 0.1) is 19.8 Å². The van der Waals surface area contributed by atoms with Gasteiger partial charge in [-0.2, -0.15) is 0 Å². The lowest BCUT2D eigenvalue weighted by molar-refractivity contribution is 0.0932. The SMILES string of the molecule is Cc1cc(C(=O)NC(CN)C2CC2)c(C)n1C1CCCCC1. The summed E-state index contributed by atoms with van der Waals surface area (Å²) in [6, 6.07) is 2.77. The van der Waals surface area contributed by atoms with Crippen LogP contribution < -0.4 is 11.1 Å². The predicted molar refractivity (Wildman–Crippen MR) is 89.1 cm³/mol. The average molecular weight is 303 g/mol. The summed E-state index contributed by atoms with van der Waals surface area (Å²) in [6.07, 6.45) is 8.84. The fourth-order valence-electron chi connectivity index (χ4n) is 4.02. The number of hydrogen-bond donors (Lipinski definition) is 2. The normalized spacial score (nSPS) is 20.9. The van der Waals surface area contributed by atoms with E-state index in [0.717, 1.165) is 11.3 Å². The largest absolute Gasteiger partial charge is 0.348 e. The molecule has 2 fully saturated rings. The quantitative estimate of drug-likeness (QED) is 0.878. The van der Waals surface area contributed by atoms with E-state index in [1.807, 2.05) is 0 Å². The lowest BCUT2D eigenvalue weighted by Gasteiger charge is -2.26. The van der Waals surface area contributed by atoms with Crippen molar-refractivity contribution in [1.29, 1.82) is 0 Å². The molecule has 4 heteroatoms. The van der Waals surface area contributed by atoms with Crippen LogP contribution in [0.5, 0.6) is 0 Å². The van der Waals surface area contributed by atoms with Gasteiger partial charge in [-0.1, -0.05) is 19.3 Å². The molecule has 0 radical (unpaired) electrons. The number of nitrogens with zero attached hydrogens (tertiary/aromatic N) is 1. The first kappa shape index (κ1) is 15.6. The molecular weight excluding hydrogens is 274 g/mol. The van der Waals surface area contributed by atoms with Crippen molar-refractivity contribution in [1.82, 2.24) is 9.88 Å². The van der Waals surface area contributed by atoms with Crippen molar-refractivity contribution < 1.29 is 4.79 Å². The Bertz CT molecular complexity index is 539. The highest BCUT2D eigenvalue weighted by molar-refractivity contribution is 5.96. The minimum atomic E-state index is 0.0532. The molecule has 3 N–H and O–H groups in total. The molecule has 0 bridgehead atoms. The van der Waals surface area contributed by atoms with Crippen molar-refractivity contribution in [2.24, 2.45) is 11.7 Å². The summed E-state index contributed by atoms with van der Waals surface area (Å²) in [4.78, 5) is 12.6. The molecule has 0 spiro atoms. The van der Waals surface area contributed by atoms with E-state index in [1.54, 1.807) is 0 Å². The van der Waals surface area contributed by atoms with Crippen molar-refractivity contribution in [2.45, 2.75) is 70.9 Å². The van der Waals surface area contributed by atoms with Crippen molar-refractivity contribution in [3.63, 3.8) is 0 Å². The third kappa shape index (κ3) is 3.07. The standard InChI is InChI=1S/C18H29N3O/c1-12-10-16(18(22)20-17(11-19)14-8-9-14)13(2)21(12)15-6-4-3-5-7-15/h10,14-15,17H,3-9,11,19H2,1-2H3,(H,20,22). The monoisotopic (exact) mass is 303 g/mol. The molecule has 2 saturated carbocycles. The maximum atomic E-state index is 12.6. The summed E-state index contributed by atoms with van der Waals surface area (Å²) >= 11 is 0. The minimum absolute atomic E-state index is 0.0532. The van der Waals surface area contributed by atoms with Crippen LogP contribution in [0.3, 0.4) is 0 Å². The summed E-state index contributed by atoms with van der Waals surface area (Å²) in [7, 11) is 0. The van der Waals surface area contributed by atoms with Gasteiger partial charge in [-0.25, -0.2) is 0 Å². The number of nitrogens with one attached hydrogen (secondary N) is 1. The van der Waals surface area contributed by atoms with E-state index < -0.39 is 0 Å². The average Bonchev–Trinajstić information content (AvgIpc) is 3.31. The zero-order valence-corrected chi connectivity index (χ0v) is 13.9. The number of aromatic nitrogens is 1. The summed E-state index contributed by atoms with van der Waals surface area (Å²) in [6.45, 7) is 4.75. The van der Waals surface area contributed by atoms with Crippen LogP contribution in [0.4, 0.5) is 0 Å². The first-order valence-corrected chi connectivity index (χ1v) is 8.81. The van der Waals surface area contributed by atoms with Crippen LogP contribution in [0.25, 0.3) is 0 Å². The summed E-state index contributed by atoms with van der Waals surface area (Å²) < 4.78 is 2.39. The van der Waals surface area contributed by atoms with Crippen molar-refractivity contribution in [3.05, 3.63) is 23.0 Å². The van der Waals surface area contributed by atoms with Gasteiger partial charge >= 0.3 is 0 Å². The Labute approximate surface area is 133 Å². The van der Waals surface area contributed by atoms with Gasteiger partial charge in [0.05, 0.1) is 5.56 Å². The highest BCUT2D eigenvalue weighted by atomic mass is 16.1. The maximum absolute atomic E-state index is 12.6. The Balaban J connectivity index is 1.77. The molecule has 1 amide bonds. The Morgan fingerprint density at radius 1 is 1.27 bits per heavy atom. The van der Waals surface area contributed by atoms with Gasteiger partial charge in [-0.3, -0.25) is 4.79 Å². The molecule has 4 nitrogen and oxygen atoms in total. The lowest BCUT2D eigenvalue weighted by atomic mass is 9.95. The maximum Gasteiger partial charge on any atom is 0.253 e. The molecule has 1 heterocycles. The van der Waals surface area contributed by atoms with E-state index >= 15 is 0 Å². The molecule has 3 rings (SSSR count). The van der Waals surface area contributed by atoms with E-state index in [9.17, 15) is 4.79 Å². The second kappa shape index (κ2) is 6.45. The number of rotatable bonds is 5. The molecule has 0 saturated heterocycles. The zero-order valence-electron chi connectivity index (χ0n) is 13.9. The number of carbonyl (C=O) groups excluding carboxylic acids is 1. The van der Waals surface area contributed by atoms with Gasteiger partial charge in [0.15, 0.2) is 0 Å². The first-order chi connectivity index (χ1) is 10.6. The van der Waals surface area contributed by atoms with Gasteiger partial charge in [0.25, 0.3) is 5.91 Å². The molecule has 0 aromatic carbocycles. The first-order valence-electron chi connectivity index (χ1n) is 8.81. The van der Waals surface area contributed by atoms with E-state index in [-0.39, 0.29) is 11.9 Å². The smallest absolute Gasteiger partial charge is 0.253 e. The molecule has 1 unspecified atom stereocenters. The minimum Gasteiger partial charge on any atom is -0.348 e. The third-order valence-corrected chi connectivity index (χ3v) is 5.43. The van der Waals surface area contributed by atoms with Gasteiger partial charge in [0.1, 0.15) is 0 Å². The van der Waals surface area contributed by atoms with Crippen LogP contribution in [0.15, 0.2) is 6.07 Å². The number of carbonyl (C=O) groups is 1. The summed E-state index contributed by atoms with van der Waals surface area (Å²) in [5, 5.41) is 3.15. The fourth-order valence-corrected chi connectivity index (χ4v) is 4.02. The Kier molecular flexibility index (Phi) is 4.57. The predicted octanol–water partition coefficient (Wildman–Crippen LogP) is 3.08. The molecule has 1 aromatic heterocycles. The highest BCUT2D eigenvalue weighted by Crippen LogP contribution is 2.34. The topological polar surface area (TPSA) is 60.1 Å². The number of hydrogen-bond acceptors (Lipinski definition) is 2. The van der Waals surface area contributed by atoms with Gasteiger partial charge in [0.2, 0.25) is 0 Å². The summed E-state index contributed by atoms with van der Waals surface area (Å²) in [5.41, 5.74) is 8.98. The van der Waals surface area contributed by atoms with E-state index in [2.05, 4.69) is 29.8 Å². The van der Waals surface area contributed by atoms with Gasteiger partial charge in [-0.05, 0) is 51.5 Å². The van der Waals surface area contributed by atoms with Crippen molar-refractivity contribution >= 4 is 5.91 Å². The fraction of sp³-hybridized carbons (Fsp3) is 0.722. The zero-order chi connectivity index (χ0) is 15.7. The lowest BCUT2D eigenvalue weighted by Crippen LogP contribution is -2.41. The van der Waals surface area contributed by atoms with Crippen molar-refractivity contribution in [2.75, 3.05) is 6.54 Å². The van der Waals surface area contributed by atoms with Crippen LogP contribution >= 0.6 is 0 Å². The summed E-state index contributed by atoms with van der Waals surface area (Å²) in [5.74, 6) is 0.647. The molecule has 2 aliphatic carbocycles. The highest BCUT2D eigenvalue weighted by Gasteiger charge is 2.32. The van der Waals surface area contributed by atoms with Gasteiger partial charge in [-0.15, -0.1) is 0 Å². The molecule has 1 aromatic rings. The number of amides is 1. The Morgan fingerprint density at radius 3 is 2.55 bits per heavy atom. The number of aryl methyl sites for hydroxylation is 1. The van der Waals surface area contributed by atoms with Gasteiger partial charge in [0, 0.05) is 30.0 Å². The van der Waals surface area contributed by atoms with E-state index in [1.165, 1.54) is 50.6 Å². The second-order valence-corrected chi connectivity index (χ2v) is 7.10. The molecular formula is C18H29N3O.